The first-order chi connectivity index (χ1) is 10.0. The van der Waals surface area contributed by atoms with E-state index in [2.05, 4.69) is 20.9 Å². The van der Waals surface area contributed by atoms with Crippen LogP contribution in [0.2, 0.25) is 0 Å². The van der Waals surface area contributed by atoms with Gasteiger partial charge in [0, 0.05) is 5.56 Å². The molecule has 0 unspecified atom stereocenters. The molecule has 3 aromatic rings. The second-order valence-electron chi connectivity index (χ2n) is 5.06. The number of H-pyrrole nitrogens is 1. The Hall–Kier alpha value is -1.94. The van der Waals surface area contributed by atoms with Crippen LogP contribution in [0.3, 0.4) is 0 Å². The van der Waals surface area contributed by atoms with E-state index in [1.807, 2.05) is 30.3 Å². The molecule has 0 fully saturated rings. The summed E-state index contributed by atoms with van der Waals surface area (Å²) in [6.45, 7) is 3.55. The lowest BCUT2D eigenvalue weighted by atomic mass is 10.0. The van der Waals surface area contributed by atoms with Crippen LogP contribution in [0.1, 0.15) is 11.1 Å². The van der Waals surface area contributed by atoms with Crippen LogP contribution in [-0.4, -0.2) is 4.98 Å². The van der Waals surface area contributed by atoms with E-state index in [9.17, 15) is 9.18 Å². The minimum atomic E-state index is -0.419. The Morgan fingerprint density at radius 1 is 1.14 bits per heavy atom. The Labute approximate surface area is 129 Å². The van der Waals surface area contributed by atoms with Gasteiger partial charge in [0.05, 0.1) is 21.1 Å². The maximum atomic E-state index is 13.8. The van der Waals surface area contributed by atoms with E-state index in [0.717, 1.165) is 11.3 Å². The van der Waals surface area contributed by atoms with Crippen LogP contribution in [0.5, 0.6) is 0 Å². The molecule has 3 rings (SSSR count). The summed E-state index contributed by atoms with van der Waals surface area (Å²) in [7, 11) is 0. The van der Waals surface area contributed by atoms with Gasteiger partial charge in [-0.2, -0.15) is 0 Å². The zero-order valence-corrected chi connectivity index (χ0v) is 13.2. The predicted molar refractivity (Wildman–Crippen MR) is 87.1 cm³/mol. The molecule has 0 aliphatic carbocycles. The Kier molecular flexibility index (Phi) is 3.41. The fourth-order valence-corrected chi connectivity index (χ4v) is 3.03. The molecule has 2 aromatic carbocycles. The number of rotatable bonds is 1. The zero-order valence-electron chi connectivity index (χ0n) is 11.6. The van der Waals surface area contributed by atoms with Gasteiger partial charge in [0.1, 0.15) is 5.82 Å². The summed E-state index contributed by atoms with van der Waals surface area (Å²) in [5.41, 5.74) is 3.51. The van der Waals surface area contributed by atoms with Crippen LogP contribution in [0.25, 0.3) is 22.2 Å². The highest BCUT2D eigenvalue weighted by atomic mass is 79.9. The Morgan fingerprint density at radius 3 is 2.48 bits per heavy atom. The molecule has 0 bridgehead atoms. The van der Waals surface area contributed by atoms with Gasteiger partial charge in [-0.15, -0.1) is 0 Å². The average Bonchev–Trinajstić information content (AvgIpc) is 2.48. The molecule has 0 spiro atoms. The van der Waals surface area contributed by atoms with Gasteiger partial charge in [0.15, 0.2) is 5.43 Å². The molecule has 2 nitrogen and oxygen atoms in total. The van der Waals surface area contributed by atoms with Crippen molar-refractivity contribution in [3.05, 3.63) is 68.0 Å². The first kappa shape index (κ1) is 14.0. The summed E-state index contributed by atoms with van der Waals surface area (Å²) in [6, 6.07) is 11.1. The van der Waals surface area contributed by atoms with E-state index in [4.69, 9.17) is 0 Å². The van der Waals surface area contributed by atoms with Gasteiger partial charge in [-0.1, -0.05) is 30.3 Å². The van der Waals surface area contributed by atoms with Crippen molar-refractivity contribution in [2.75, 3.05) is 0 Å². The van der Waals surface area contributed by atoms with Crippen LogP contribution in [-0.2, 0) is 0 Å². The summed E-state index contributed by atoms with van der Waals surface area (Å²) in [5.74, 6) is -0.419. The van der Waals surface area contributed by atoms with Crippen molar-refractivity contribution >= 4 is 26.8 Å². The van der Waals surface area contributed by atoms with Crippen molar-refractivity contribution in [3.63, 3.8) is 0 Å². The van der Waals surface area contributed by atoms with Gasteiger partial charge in [0.2, 0.25) is 0 Å². The third-order valence-corrected chi connectivity index (χ3v) is 4.45. The van der Waals surface area contributed by atoms with Crippen molar-refractivity contribution in [3.8, 4) is 11.3 Å². The van der Waals surface area contributed by atoms with Gasteiger partial charge in [-0.3, -0.25) is 4.79 Å². The molecule has 1 heterocycles. The molecule has 0 atom stereocenters. The molecular formula is C17H13BrFNO. The SMILES string of the molecule is Cc1c(-c2ccccc2)[nH]c2c(C)cc(F)c(Br)c2c1=O. The lowest BCUT2D eigenvalue weighted by Gasteiger charge is -2.12. The highest BCUT2D eigenvalue weighted by Gasteiger charge is 2.16. The number of aromatic nitrogens is 1. The smallest absolute Gasteiger partial charge is 0.194 e. The van der Waals surface area contributed by atoms with E-state index in [0.29, 0.717) is 22.0 Å². The van der Waals surface area contributed by atoms with Crippen molar-refractivity contribution in [1.29, 1.82) is 0 Å². The molecule has 0 amide bonds. The normalized spacial score (nSPS) is 11.0. The largest absolute Gasteiger partial charge is 0.354 e. The Morgan fingerprint density at radius 2 is 1.81 bits per heavy atom. The third kappa shape index (κ3) is 2.20. The first-order valence-electron chi connectivity index (χ1n) is 6.57. The standard InChI is InChI=1S/C17H13BrFNO/c1-9-8-12(19)14(18)13-15(9)20-16(10(2)17(13)21)11-6-4-3-5-7-11/h3-8H,1-2H3,(H,20,21). The number of aromatic amines is 1. The lowest BCUT2D eigenvalue weighted by molar-refractivity contribution is 0.622. The molecule has 21 heavy (non-hydrogen) atoms. The number of hydrogen-bond acceptors (Lipinski definition) is 1. The van der Waals surface area contributed by atoms with Crippen LogP contribution in [0.15, 0.2) is 45.7 Å². The second kappa shape index (κ2) is 5.11. The third-order valence-electron chi connectivity index (χ3n) is 3.67. The molecule has 0 radical (unpaired) electrons. The van der Waals surface area contributed by atoms with E-state index in [1.165, 1.54) is 6.07 Å². The lowest BCUT2D eigenvalue weighted by Crippen LogP contribution is -2.11. The summed E-state index contributed by atoms with van der Waals surface area (Å²) >= 11 is 3.19. The summed E-state index contributed by atoms with van der Waals surface area (Å²) < 4.78 is 14.1. The number of pyridine rings is 1. The maximum absolute atomic E-state index is 13.8. The van der Waals surface area contributed by atoms with Crippen LogP contribution >= 0.6 is 15.9 Å². The van der Waals surface area contributed by atoms with Crippen molar-refractivity contribution in [2.24, 2.45) is 0 Å². The number of nitrogens with one attached hydrogen (secondary N) is 1. The predicted octanol–water partition coefficient (Wildman–Crippen LogP) is 4.71. The monoisotopic (exact) mass is 345 g/mol. The van der Waals surface area contributed by atoms with Gasteiger partial charge >= 0.3 is 0 Å². The van der Waals surface area contributed by atoms with Crippen LogP contribution in [0, 0.1) is 19.7 Å². The van der Waals surface area contributed by atoms with Gasteiger partial charge in [0.25, 0.3) is 0 Å². The molecule has 4 heteroatoms. The van der Waals surface area contributed by atoms with E-state index in [1.54, 1.807) is 13.8 Å². The summed E-state index contributed by atoms with van der Waals surface area (Å²) in [4.78, 5) is 15.9. The summed E-state index contributed by atoms with van der Waals surface area (Å²) in [6.07, 6.45) is 0. The van der Waals surface area contributed by atoms with E-state index in [-0.39, 0.29) is 9.90 Å². The van der Waals surface area contributed by atoms with Crippen LogP contribution in [0.4, 0.5) is 4.39 Å². The number of fused-ring (bicyclic) bond motifs is 1. The molecule has 106 valence electrons. The Balaban J connectivity index is 2.47. The Bertz CT molecular complexity index is 900. The van der Waals surface area contributed by atoms with Gasteiger partial charge in [-0.25, -0.2) is 4.39 Å². The molecule has 0 aliphatic rings. The molecule has 1 aromatic heterocycles. The van der Waals surface area contributed by atoms with E-state index < -0.39 is 5.82 Å². The minimum absolute atomic E-state index is 0.155. The van der Waals surface area contributed by atoms with Crippen molar-refractivity contribution in [2.45, 2.75) is 13.8 Å². The fourth-order valence-electron chi connectivity index (χ4n) is 2.54. The van der Waals surface area contributed by atoms with Gasteiger partial charge in [-0.05, 0) is 47.0 Å². The molecule has 0 aliphatic heterocycles. The zero-order chi connectivity index (χ0) is 15.1. The quantitative estimate of drug-likeness (QED) is 0.680. The number of halogens is 2. The topological polar surface area (TPSA) is 32.9 Å². The molecular weight excluding hydrogens is 333 g/mol. The first-order valence-corrected chi connectivity index (χ1v) is 7.36. The summed E-state index contributed by atoms with van der Waals surface area (Å²) in [5, 5.41) is 0.365. The number of benzene rings is 2. The van der Waals surface area contributed by atoms with Crippen molar-refractivity contribution < 1.29 is 4.39 Å². The molecule has 1 N–H and O–H groups in total. The number of hydrogen-bond donors (Lipinski definition) is 1. The van der Waals surface area contributed by atoms with Gasteiger partial charge < -0.3 is 4.98 Å². The van der Waals surface area contributed by atoms with Crippen LogP contribution < -0.4 is 5.43 Å². The van der Waals surface area contributed by atoms with Crippen molar-refractivity contribution in [1.82, 2.24) is 4.98 Å². The van der Waals surface area contributed by atoms with E-state index >= 15 is 0 Å². The minimum Gasteiger partial charge on any atom is -0.354 e. The molecule has 0 saturated heterocycles. The number of aryl methyl sites for hydroxylation is 1. The second-order valence-corrected chi connectivity index (χ2v) is 5.85. The molecule has 0 saturated carbocycles. The average molecular weight is 346 g/mol. The maximum Gasteiger partial charge on any atom is 0.194 e. The highest BCUT2D eigenvalue weighted by molar-refractivity contribution is 9.10. The fraction of sp³-hybridized carbons (Fsp3) is 0.118. The highest BCUT2D eigenvalue weighted by Crippen LogP contribution is 2.29.